The van der Waals surface area contributed by atoms with Crippen LogP contribution in [0.15, 0.2) is 48.9 Å². The van der Waals surface area contributed by atoms with Crippen molar-refractivity contribution in [3.63, 3.8) is 0 Å². The third kappa shape index (κ3) is 3.16. The summed E-state index contributed by atoms with van der Waals surface area (Å²) in [5.41, 5.74) is 0. The van der Waals surface area contributed by atoms with Gasteiger partial charge in [0.2, 0.25) is 5.91 Å². The fraction of sp³-hybridized carbons (Fsp3) is 0.154. The lowest BCUT2D eigenvalue weighted by molar-refractivity contribution is -0.113. The number of furan rings is 2. The number of nitrogens with zero attached hydrogens (tertiary/aromatic N) is 2. The molecular formula is C13H11N3O4S. The Labute approximate surface area is 123 Å². The zero-order valence-corrected chi connectivity index (χ0v) is 11.8. The average molecular weight is 305 g/mol. The van der Waals surface area contributed by atoms with Crippen LogP contribution < -0.4 is 5.32 Å². The molecule has 0 spiro atoms. The molecule has 0 atom stereocenters. The van der Waals surface area contributed by atoms with Crippen LogP contribution >= 0.6 is 11.8 Å². The van der Waals surface area contributed by atoms with Crippen molar-refractivity contribution < 1.29 is 18.0 Å². The molecule has 0 aliphatic rings. The molecule has 3 heterocycles. The predicted molar refractivity (Wildman–Crippen MR) is 74.8 cm³/mol. The first-order chi connectivity index (χ1) is 10.2. The molecule has 3 aromatic rings. The Morgan fingerprint density at radius 1 is 1.29 bits per heavy atom. The van der Waals surface area contributed by atoms with Crippen LogP contribution in [0.1, 0.15) is 5.76 Å². The smallest absolute Gasteiger partial charge is 0.322 e. The van der Waals surface area contributed by atoms with Crippen LogP contribution in [-0.2, 0) is 4.79 Å². The molecule has 0 saturated carbocycles. The minimum atomic E-state index is -0.241. The van der Waals surface area contributed by atoms with Gasteiger partial charge in [0.25, 0.3) is 5.89 Å². The van der Waals surface area contributed by atoms with Gasteiger partial charge in [-0.25, -0.2) is 0 Å². The molecular weight excluding hydrogens is 294 g/mol. The van der Waals surface area contributed by atoms with E-state index in [2.05, 4.69) is 15.5 Å². The van der Waals surface area contributed by atoms with Crippen LogP contribution in [0.2, 0.25) is 0 Å². The fourth-order valence-corrected chi connectivity index (χ4v) is 2.36. The Kier molecular flexibility index (Phi) is 3.78. The minimum absolute atomic E-state index is 0.0379. The Morgan fingerprint density at radius 2 is 2.19 bits per heavy atom. The van der Waals surface area contributed by atoms with Gasteiger partial charge in [0.1, 0.15) is 5.76 Å². The average Bonchev–Trinajstić information content (AvgIpc) is 3.17. The molecule has 0 saturated heterocycles. The number of nitrogens with one attached hydrogen (secondary N) is 1. The summed E-state index contributed by atoms with van der Waals surface area (Å²) in [5, 5.41) is 10.1. The molecule has 7 nitrogen and oxygen atoms in total. The number of aromatic nitrogens is 2. The van der Waals surface area contributed by atoms with Gasteiger partial charge >= 0.3 is 6.01 Å². The molecule has 1 N–H and O–H groups in total. The van der Waals surface area contributed by atoms with E-state index >= 15 is 0 Å². The van der Waals surface area contributed by atoms with Gasteiger partial charge in [-0.2, -0.15) is 0 Å². The molecule has 1 amide bonds. The first kappa shape index (κ1) is 13.5. The maximum atomic E-state index is 11.8. The van der Waals surface area contributed by atoms with Crippen LogP contribution in [-0.4, -0.2) is 21.9 Å². The molecule has 8 heteroatoms. The Morgan fingerprint density at radius 3 is 2.90 bits per heavy atom. The highest BCUT2D eigenvalue weighted by Gasteiger charge is 2.13. The van der Waals surface area contributed by atoms with Gasteiger partial charge in [0.15, 0.2) is 5.76 Å². The highest BCUT2D eigenvalue weighted by Crippen LogP contribution is 2.23. The third-order valence-electron chi connectivity index (χ3n) is 2.57. The second kappa shape index (κ2) is 5.88. The molecule has 108 valence electrons. The van der Waals surface area contributed by atoms with Crippen molar-refractivity contribution in [2.75, 3.05) is 11.1 Å². The van der Waals surface area contributed by atoms with E-state index in [4.69, 9.17) is 13.3 Å². The molecule has 0 unspecified atom stereocenters. The van der Waals surface area contributed by atoms with E-state index in [1.807, 2.05) is 13.0 Å². The predicted octanol–water partition coefficient (Wildman–Crippen LogP) is 2.96. The van der Waals surface area contributed by atoms with Crippen molar-refractivity contribution in [1.82, 2.24) is 10.2 Å². The van der Waals surface area contributed by atoms with E-state index < -0.39 is 0 Å². The lowest BCUT2D eigenvalue weighted by Crippen LogP contribution is -2.14. The largest absolute Gasteiger partial charge is 0.468 e. The summed E-state index contributed by atoms with van der Waals surface area (Å²) in [4.78, 5) is 12.7. The third-order valence-corrected chi connectivity index (χ3v) is 3.71. The molecule has 0 aliphatic heterocycles. The highest BCUT2D eigenvalue weighted by atomic mass is 32.2. The van der Waals surface area contributed by atoms with E-state index in [9.17, 15) is 4.79 Å². The first-order valence-corrected chi connectivity index (χ1v) is 7.05. The summed E-state index contributed by atoms with van der Waals surface area (Å²) in [6.07, 6.45) is 3.09. The molecule has 0 fully saturated rings. The molecule has 0 aromatic carbocycles. The van der Waals surface area contributed by atoms with Gasteiger partial charge < -0.3 is 13.3 Å². The number of carbonyl (C=O) groups excluding carboxylic acids is 1. The summed E-state index contributed by atoms with van der Waals surface area (Å²) in [6.45, 7) is 1.84. The quantitative estimate of drug-likeness (QED) is 0.724. The number of anilines is 1. The molecule has 21 heavy (non-hydrogen) atoms. The van der Waals surface area contributed by atoms with Crippen molar-refractivity contribution in [2.45, 2.75) is 11.8 Å². The number of amides is 1. The van der Waals surface area contributed by atoms with Crippen LogP contribution in [0, 0.1) is 6.92 Å². The van der Waals surface area contributed by atoms with Crippen molar-refractivity contribution in [3.8, 4) is 11.7 Å². The number of aryl methyl sites for hydroxylation is 1. The SMILES string of the molecule is Cc1occc1SCC(=O)Nc1nnc(-c2ccco2)o1. The standard InChI is InChI=1S/C13H11N3O4S/c1-8-10(4-6-18-8)21-7-11(17)14-13-16-15-12(20-13)9-3-2-5-19-9/h2-6H,7H2,1H3,(H,14,16,17). The van der Waals surface area contributed by atoms with Gasteiger partial charge in [-0.3, -0.25) is 10.1 Å². The van der Waals surface area contributed by atoms with E-state index in [1.165, 1.54) is 18.0 Å². The maximum absolute atomic E-state index is 11.8. The number of thioether (sulfide) groups is 1. The lowest BCUT2D eigenvalue weighted by Gasteiger charge is -1.99. The van der Waals surface area contributed by atoms with E-state index in [-0.39, 0.29) is 23.6 Å². The molecule has 0 radical (unpaired) electrons. The van der Waals surface area contributed by atoms with Gasteiger partial charge in [0.05, 0.1) is 18.3 Å². The maximum Gasteiger partial charge on any atom is 0.322 e. The number of carbonyl (C=O) groups is 1. The molecule has 3 rings (SSSR count). The Balaban J connectivity index is 1.57. The van der Waals surface area contributed by atoms with Crippen molar-refractivity contribution in [2.24, 2.45) is 0 Å². The van der Waals surface area contributed by atoms with Crippen LogP contribution in [0.5, 0.6) is 0 Å². The van der Waals surface area contributed by atoms with E-state index in [0.29, 0.717) is 5.76 Å². The van der Waals surface area contributed by atoms with Crippen LogP contribution in [0.4, 0.5) is 6.01 Å². The molecule has 0 bridgehead atoms. The Bertz CT molecular complexity index is 732. The summed E-state index contributed by atoms with van der Waals surface area (Å²) in [6, 6.07) is 5.25. The normalized spacial score (nSPS) is 10.7. The van der Waals surface area contributed by atoms with Crippen molar-refractivity contribution in [3.05, 3.63) is 36.5 Å². The zero-order chi connectivity index (χ0) is 14.7. The fourth-order valence-electron chi connectivity index (χ4n) is 1.60. The van der Waals surface area contributed by atoms with Gasteiger partial charge in [-0.15, -0.1) is 16.9 Å². The second-order valence-electron chi connectivity index (χ2n) is 4.07. The number of rotatable bonds is 5. The molecule has 0 aliphatic carbocycles. The summed E-state index contributed by atoms with van der Waals surface area (Å²) < 4.78 is 15.6. The Hall–Kier alpha value is -2.48. The zero-order valence-electron chi connectivity index (χ0n) is 11.0. The second-order valence-corrected chi connectivity index (χ2v) is 5.08. The summed E-state index contributed by atoms with van der Waals surface area (Å²) in [5.74, 6) is 1.43. The number of hydrogen-bond donors (Lipinski definition) is 1. The number of hydrogen-bond acceptors (Lipinski definition) is 7. The highest BCUT2D eigenvalue weighted by molar-refractivity contribution is 8.00. The van der Waals surface area contributed by atoms with Crippen molar-refractivity contribution >= 4 is 23.7 Å². The first-order valence-electron chi connectivity index (χ1n) is 6.06. The van der Waals surface area contributed by atoms with Gasteiger partial charge in [-0.05, 0) is 25.1 Å². The lowest BCUT2D eigenvalue weighted by atomic mass is 10.5. The molecule has 3 aromatic heterocycles. The van der Waals surface area contributed by atoms with Gasteiger partial charge in [0, 0.05) is 4.90 Å². The van der Waals surface area contributed by atoms with E-state index in [0.717, 1.165) is 10.7 Å². The minimum Gasteiger partial charge on any atom is -0.468 e. The van der Waals surface area contributed by atoms with Crippen LogP contribution in [0.25, 0.3) is 11.7 Å². The van der Waals surface area contributed by atoms with Gasteiger partial charge in [-0.1, -0.05) is 5.10 Å². The van der Waals surface area contributed by atoms with Crippen molar-refractivity contribution in [1.29, 1.82) is 0 Å². The topological polar surface area (TPSA) is 94.3 Å². The monoisotopic (exact) mass is 305 g/mol. The van der Waals surface area contributed by atoms with Crippen LogP contribution in [0.3, 0.4) is 0 Å². The summed E-state index contributed by atoms with van der Waals surface area (Å²) >= 11 is 1.37. The summed E-state index contributed by atoms with van der Waals surface area (Å²) in [7, 11) is 0. The van der Waals surface area contributed by atoms with E-state index in [1.54, 1.807) is 18.4 Å².